The van der Waals surface area contributed by atoms with E-state index in [0.29, 0.717) is 6.61 Å². The second-order valence-electron chi connectivity index (χ2n) is 5.21. The third-order valence-corrected chi connectivity index (χ3v) is 3.25. The minimum absolute atomic E-state index is 0.111. The zero-order valence-corrected chi connectivity index (χ0v) is 10.3. The smallest absolute Gasteiger partial charge is 0.318 e. The van der Waals surface area contributed by atoms with Crippen LogP contribution in [-0.4, -0.2) is 28.8 Å². The first-order valence-electron chi connectivity index (χ1n) is 5.79. The lowest BCUT2D eigenvalue weighted by atomic mass is 10.0. The molecule has 2 heterocycles. The largest absolute Gasteiger partial charge is 0.337 e. The van der Waals surface area contributed by atoms with Crippen LogP contribution >= 0.6 is 0 Å². The molecule has 2 aliphatic rings. The molecule has 0 saturated carbocycles. The SMILES string of the molecule is CC1(C)COC2(C)ON=C(c3ccccc3)N12. The maximum Gasteiger partial charge on any atom is 0.318 e. The molecule has 0 spiro atoms. The Morgan fingerprint density at radius 3 is 2.59 bits per heavy atom. The van der Waals surface area contributed by atoms with Crippen LogP contribution in [0.2, 0.25) is 0 Å². The van der Waals surface area contributed by atoms with Crippen molar-refractivity contribution in [3.8, 4) is 0 Å². The first-order chi connectivity index (χ1) is 8.03. The Kier molecular flexibility index (Phi) is 2.01. The molecule has 2 aliphatic heterocycles. The van der Waals surface area contributed by atoms with Crippen LogP contribution in [0, 0.1) is 0 Å². The van der Waals surface area contributed by atoms with Gasteiger partial charge in [0.05, 0.1) is 12.1 Å². The van der Waals surface area contributed by atoms with Crippen molar-refractivity contribution >= 4 is 5.84 Å². The number of benzene rings is 1. The summed E-state index contributed by atoms with van der Waals surface area (Å²) >= 11 is 0. The van der Waals surface area contributed by atoms with Gasteiger partial charge in [-0.1, -0.05) is 35.5 Å². The van der Waals surface area contributed by atoms with Gasteiger partial charge in [0.1, 0.15) is 0 Å². The Balaban J connectivity index is 2.03. The normalized spacial score (nSPS) is 29.8. The number of ether oxygens (including phenoxy) is 1. The van der Waals surface area contributed by atoms with Gasteiger partial charge in [0.15, 0.2) is 5.84 Å². The molecule has 0 aliphatic carbocycles. The van der Waals surface area contributed by atoms with Crippen molar-refractivity contribution in [1.29, 1.82) is 0 Å². The highest BCUT2D eigenvalue weighted by Gasteiger charge is 2.56. The Hall–Kier alpha value is -1.55. The van der Waals surface area contributed by atoms with Gasteiger partial charge in [0.25, 0.3) is 0 Å². The summed E-state index contributed by atoms with van der Waals surface area (Å²) in [6.07, 6.45) is 0. The fraction of sp³-hybridized carbons (Fsp3) is 0.462. The van der Waals surface area contributed by atoms with Crippen molar-refractivity contribution in [3.63, 3.8) is 0 Å². The monoisotopic (exact) mass is 232 g/mol. The summed E-state index contributed by atoms with van der Waals surface area (Å²) in [5.41, 5.74) is 0.940. The van der Waals surface area contributed by atoms with Gasteiger partial charge in [-0.3, -0.25) is 4.90 Å². The molecule has 4 heteroatoms. The highest BCUT2D eigenvalue weighted by molar-refractivity contribution is 6.00. The van der Waals surface area contributed by atoms with Crippen molar-refractivity contribution in [3.05, 3.63) is 35.9 Å². The van der Waals surface area contributed by atoms with Crippen LogP contribution in [-0.2, 0) is 9.57 Å². The van der Waals surface area contributed by atoms with E-state index in [1.165, 1.54) is 0 Å². The fourth-order valence-electron chi connectivity index (χ4n) is 2.47. The molecule has 17 heavy (non-hydrogen) atoms. The maximum absolute atomic E-state index is 5.72. The van der Waals surface area contributed by atoms with Gasteiger partial charge in [-0.25, -0.2) is 0 Å². The van der Waals surface area contributed by atoms with Crippen LogP contribution in [0.4, 0.5) is 0 Å². The first-order valence-corrected chi connectivity index (χ1v) is 5.79. The van der Waals surface area contributed by atoms with E-state index in [-0.39, 0.29) is 5.54 Å². The summed E-state index contributed by atoms with van der Waals surface area (Å²) in [5.74, 6) is 0.0879. The molecule has 90 valence electrons. The standard InChI is InChI=1S/C13H16N2O2/c1-12(2)9-16-13(3)15(12)11(14-17-13)10-7-5-4-6-8-10/h4-8H,9H2,1-3H3. The Morgan fingerprint density at radius 1 is 1.18 bits per heavy atom. The molecule has 1 atom stereocenters. The lowest BCUT2D eigenvalue weighted by Gasteiger charge is -2.33. The van der Waals surface area contributed by atoms with Crippen LogP contribution in [0.1, 0.15) is 26.3 Å². The number of amidine groups is 1. The second kappa shape index (κ2) is 3.23. The second-order valence-corrected chi connectivity index (χ2v) is 5.21. The van der Waals surface area contributed by atoms with Gasteiger partial charge in [-0.15, -0.1) is 0 Å². The molecule has 3 rings (SSSR count). The average Bonchev–Trinajstić information content (AvgIpc) is 2.77. The van der Waals surface area contributed by atoms with E-state index < -0.39 is 5.91 Å². The van der Waals surface area contributed by atoms with E-state index >= 15 is 0 Å². The van der Waals surface area contributed by atoms with Crippen LogP contribution in [0.25, 0.3) is 0 Å². The van der Waals surface area contributed by atoms with Crippen molar-refractivity contribution in [2.45, 2.75) is 32.2 Å². The van der Waals surface area contributed by atoms with E-state index in [2.05, 4.69) is 23.9 Å². The van der Waals surface area contributed by atoms with Gasteiger partial charge in [0.2, 0.25) is 0 Å². The molecule has 0 bridgehead atoms. The molecule has 4 nitrogen and oxygen atoms in total. The summed E-state index contributed by atoms with van der Waals surface area (Å²) in [7, 11) is 0. The van der Waals surface area contributed by atoms with E-state index in [0.717, 1.165) is 11.4 Å². The fourth-order valence-corrected chi connectivity index (χ4v) is 2.47. The summed E-state index contributed by atoms with van der Waals surface area (Å²) in [6.45, 7) is 6.80. The molecule has 1 saturated heterocycles. The van der Waals surface area contributed by atoms with Crippen molar-refractivity contribution in [2.75, 3.05) is 6.61 Å². The van der Waals surface area contributed by atoms with Crippen LogP contribution < -0.4 is 0 Å². The quantitative estimate of drug-likeness (QED) is 0.744. The summed E-state index contributed by atoms with van der Waals surface area (Å²) < 4.78 is 5.72. The highest BCUT2D eigenvalue weighted by atomic mass is 16.8. The van der Waals surface area contributed by atoms with Crippen molar-refractivity contribution in [1.82, 2.24) is 4.90 Å². The highest BCUT2D eigenvalue weighted by Crippen LogP contribution is 2.41. The number of nitrogens with zero attached hydrogens (tertiary/aromatic N) is 2. The molecule has 0 aromatic heterocycles. The Labute approximate surface area is 101 Å². The van der Waals surface area contributed by atoms with Gasteiger partial charge in [0, 0.05) is 12.5 Å². The predicted molar refractivity (Wildman–Crippen MR) is 64.3 cm³/mol. The lowest BCUT2D eigenvalue weighted by molar-refractivity contribution is -0.230. The number of hydrogen-bond donors (Lipinski definition) is 0. The summed E-state index contributed by atoms with van der Waals surface area (Å²) in [5, 5.41) is 4.18. The molecule has 1 unspecified atom stereocenters. The predicted octanol–water partition coefficient (Wildman–Crippen LogP) is 2.16. The zero-order chi connectivity index (χ0) is 12.1. The molecule has 1 aromatic rings. The van der Waals surface area contributed by atoms with Crippen LogP contribution in [0.15, 0.2) is 35.5 Å². The number of oxime groups is 1. The maximum atomic E-state index is 5.72. The van der Waals surface area contributed by atoms with Gasteiger partial charge in [-0.05, 0) is 13.8 Å². The van der Waals surface area contributed by atoms with E-state index in [4.69, 9.17) is 9.57 Å². The number of fused-ring (bicyclic) bond motifs is 1. The van der Waals surface area contributed by atoms with E-state index in [9.17, 15) is 0 Å². The first kappa shape index (κ1) is 10.6. The Bertz CT molecular complexity index is 470. The van der Waals surface area contributed by atoms with E-state index in [1.54, 1.807) is 0 Å². The van der Waals surface area contributed by atoms with E-state index in [1.807, 2.05) is 37.3 Å². The van der Waals surface area contributed by atoms with Crippen molar-refractivity contribution < 1.29 is 9.57 Å². The summed E-state index contributed by atoms with van der Waals surface area (Å²) in [6, 6.07) is 10.0. The van der Waals surface area contributed by atoms with Gasteiger partial charge >= 0.3 is 5.91 Å². The molecule has 0 N–H and O–H groups in total. The minimum Gasteiger partial charge on any atom is -0.337 e. The van der Waals surface area contributed by atoms with Crippen molar-refractivity contribution in [2.24, 2.45) is 5.16 Å². The van der Waals surface area contributed by atoms with Crippen LogP contribution in [0.3, 0.4) is 0 Å². The third-order valence-electron chi connectivity index (χ3n) is 3.25. The molecule has 0 amide bonds. The third kappa shape index (κ3) is 1.44. The zero-order valence-electron chi connectivity index (χ0n) is 10.3. The minimum atomic E-state index is -0.755. The number of hydrogen-bond acceptors (Lipinski definition) is 4. The molecule has 1 aromatic carbocycles. The Morgan fingerprint density at radius 2 is 1.88 bits per heavy atom. The lowest BCUT2D eigenvalue weighted by Crippen LogP contribution is -2.51. The molecular formula is C13H16N2O2. The number of rotatable bonds is 1. The molecule has 1 fully saturated rings. The van der Waals surface area contributed by atoms with Gasteiger partial charge < -0.3 is 9.57 Å². The summed E-state index contributed by atoms with van der Waals surface area (Å²) in [4.78, 5) is 7.57. The topological polar surface area (TPSA) is 34.1 Å². The average molecular weight is 232 g/mol. The molecular weight excluding hydrogens is 216 g/mol. The van der Waals surface area contributed by atoms with Gasteiger partial charge in [-0.2, -0.15) is 0 Å². The van der Waals surface area contributed by atoms with Crippen LogP contribution in [0.5, 0.6) is 0 Å². The molecule has 0 radical (unpaired) electrons.